The molecule has 134 valence electrons. The average Bonchev–Trinajstić information content (AvgIpc) is 2.94. The van der Waals surface area contributed by atoms with Crippen molar-refractivity contribution in [1.29, 1.82) is 0 Å². The zero-order valence-electron chi connectivity index (χ0n) is 13.4. The number of nitrogens with one attached hydrogen (secondary N) is 1. The molecule has 1 aromatic carbocycles. The maximum absolute atomic E-state index is 13.5. The standard InChI is InChI=1S/C16H21F2N3O2.ClH/c1-2-21(16(23)10-6-7-11(19)8-10)9-14(22)20-15-12(17)4-3-5-13(15)18;/h3-5,10-11H,2,6-9,19H2,1H3,(H,20,22);1H. The number of rotatable bonds is 5. The quantitative estimate of drug-likeness (QED) is 0.845. The number of para-hydroxylation sites is 1. The number of amides is 2. The van der Waals surface area contributed by atoms with Crippen molar-refractivity contribution in [3.05, 3.63) is 29.8 Å². The van der Waals surface area contributed by atoms with E-state index in [0.717, 1.165) is 18.6 Å². The van der Waals surface area contributed by atoms with E-state index in [0.29, 0.717) is 19.4 Å². The first-order chi connectivity index (χ1) is 10.9. The summed E-state index contributed by atoms with van der Waals surface area (Å²) in [5.41, 5.74) is 5.31. The van der Waals surface area contributed by atoms with E-state index < -0.39 is 23.2 Å². The van der Waals surface area contributed by atoms with E-state index in [1.165, 1.54) is 11.0 Å². The summed E-state index contributed by atoms with van der Waals surface area (Å²) in [6.07, 6.45) is 2.11. The van der Waals surface area contributed by atoms with Crippen molar-refractivity contribution in [2.45, 2.75) is 32.2 Å². The van der Waals surface area contributed by atoms with Gasteiger partial charge in [0.2, 0.25) is 11.8 Å². The van der Waals surface area contributed by atoms with Crippen molar-refractivity contribution in [2.24, 2.45) is 11.7 Å². The maximum Gasteiger partial charge on any atom is 0.244 e. The van der Waals surface area contributed by atoms with Crippen molar-refractivity contribution in [1.82, 2.24) is 4.90 Å². The van der Waals surface area contributed by atoms with Crippen LogP contribution in [0.15, 0.2) is 18.2 Å². The van der Waals surface area contributed by atoms with Gasteiger partial charge >= 0.3 is 0 Å². The summed E-state index contributed by atoms with van der Waals surface area (Å²) in [7, 11) is 0. The number of anilines is 1. The van der Waals surface area contributed by atoms with Crippen LogP contribution in [-0.2, 0) is 9.59 Å². The zero-order valence-corrected chi connectivity index (χ0v) is 14.2. The molecule has 5 nitrogen and oxygen atoms in total. The fourth-order valence-electron chi connectivity index (χ4n) is 2.81. The second-order valence-electron chi connectivity index (χ2n) is 5.77. The molecular weight excluding hydrogens is 340 g/mol. The first kappa shape index (κ1) is 20.3. The number of halogens is 3. The van der Waals surface area contributed by atoms with Gasteiger partial charge in [-0.05, 0) is 38.3 Å². The molecule has 0 heterocycles. The van der Waals surface area contributed by atoms with Crippen LogP contribution >= 0.6 is 12.4 Å². The van der Waals surface area contributed by atoms with Gasteiger partial charge < -0.3 is 16.0 Å². The number of benzene rings is 1. The lowest BCUT2D eigenvalue weighted by Crippen LogP contribution is -2.41. The van der Waals surface area contributed by atoms with Gasteiger partial charge in [-0.1, -0.05) is 6.07 Å². The van der Waals surface area contributed by atoms with Gasteiger partial charge in [0.25, 0.3) is 0 Å². The number of nitrogens with zero attached hydrogens (tertiary/aromatic N) is 1. The van der Waals surface area contributed by atoms with Crippen LogP contribution < -0.4 is 11.1 Å². The predicted molar refractivity (Wildman–Crippen MR) is 89.8 cm³/mol. The molecule has 2 amide bonds. The van der Waals surface area contributed by atoms with Gasteiger partial charge in [-0.2, -0.15) is 0 Å². The van der Waals surface area contributed by atoms with Gasteiger partial charge in [-0.25, -0.2) is 8.78 Å². The molecule has 1 saturated carbocycles. The van der Waals surface area contributed by atoms with Crippen LogP contribution in [0.3, 0.4) is 0 Å². The summed E-state index contributed by atoms with van der Waals surface area (Å²) in [6, 6.07) is 3.35. The third-order valence-electron chi connectivity index (χ3n) is 4.08. The lowest BCUT2D eigenvalue weighted by molar-refractivity contribution is -0.138. The number of carbonyl (C=O) groups is 2. The van der Waals surface area contributed by atoms with Gasteiger partial charge in [-0.3, -0.25) is 9.59 Å². The van der Waals surface area contributed by atoms with Crippen molar-refractivity contribution in [3.8, 4) is 0 Å². The van der Waals surface area contributed by atoms with Crippen LogP contribution in [0.2, 0.25) is 0 Å². The zero-order chi connectivity index (χ0) is 17.0. The molecule has 1 aliphatic carbocycles. The topological polar surface area (TPSA) is 75.4 Å². The van der Waals surface area contributed by atoms with Gasteiger partial charge in [-0.15, -0.1) is 12.4 Å². The molecule has 0 aromatic heterocycles. The van der Waals surface area contributed by atoms with Gasteiger partial charge in [0.15, 0.2) is 0 Å². The second kappa shape index (κ2) is 8.94. The predicted octanol–water partition coefficient (Wildman–Crippen LogP) is 2.30. The number of carbonyl (C=O) groups excluding carboxylic acids is 2. The fraction of sp³-hybridized carbons (Fsp3) is 0.500. The molecule has 2 rings (SSSR count). The minimum Gasteiger partial charge on any atom is -0.333 e. The summed E-state index contributed by atoms with van der Waals surface area (Å²) in [6.45, 7) is 1.86. The van der Waals surface area contributed by atoms with Crippen LogP contribution in [0.1, 0.15) is 26.2 Å². The Morgan fingerprint density at radius 1 is 1.29 bits per heavy atom. The number of likely N-dealkylation sites (N-methyl/N-ethyl adjacent to an activating group) is 1. The minimum atomic E-state index is -0.852. The van der Waals surface area contributed by atoms with Gasteiger partial charge in [0, 0.05) is 18.5 Å². The second-order valence-corrected chi connectivity index (χ2v) is 5.77. The Balaban J connectivity index is 0.00000288. The minimum absolute atomic E-state index is 0. The molecule has 24 heavy (non-hydrogen) atoms. The first-order valence-corrected chi connectivity index (χ1v) is 7.70. The van der Waals surface area contributed by atoms with Crippen molar-refractivity contribution < 1.29 is 18.4 Å². The molecule has 0 saturated heterocycles. The first-order valence-electron chi connectivity index (χ1n) is 7.70. The van der Waals surface area contributed by atoms with Crippen LogP contribution in [-0.4, -0.2) is 35.8 Å². The summed E-state index contributed by atoms with van der Waals surface area (Å²) >= 11 is 0. The van der Waals surface area contributed by atoms with E-state index in [1.54, 1.807) is 6.92 Å². The van der Waals surface area contributed by atoms with Crippen LogP contribution in [0, 0.1) is 17.6 Å². The summed E-state index contributed by atoms with van der Waals surface area (Å²) < 4.78 is 27.1. The molecule has 1 fully saturated rings. The Morgan fingerprint density at radius 2 is 1.92 bits per heavy atom. The Morgan fingerprint density at radius 3 is 2.42 bits per heavy atom. The SMILES string of the molecule is CCN(CC(=O)Nc1c(F)cccc1F)C(=O)C1CCC(N)C1.Cl. The molecule has 8 heteroatoms. The highest BCUT2D eigenvalue weighted by Gasteiger charge is 2.31. The molecule has 1 aromatic rings. The largest absolute Gasteiger partial charge is 0.333 e. The van der Waals surface area contributed by atoms with Crippen LogP contribution in [0.5, 0.6) is 0 Å². The number of hydrogen-bond acceptors (Lipinski definition) is 3. The van der Waals surface area contributed by atoms with Gasteiger partial charge in [0.1, 0.15) is 17.3 Å². The van der Waals surface area contributed by atoms with Crippen molar-refractivity contribution >= 4 is 29.9 Å². The smallest absolute Gasteiger partial charge is 0.244 e. The van der Waals surface area contributed by atoms with Crippen molar-refractivity contribution in [2.75, 3.05) is 18.4 Å². The molecular formula is C16H22ClF2N3O2. The summed E-state index contributed by atoms with van der Waals surface area (Å²) in [5, 5.41) is 2.19. The highest BCUT2D eigenvalue weighted by atomic mass is 35.5. The van der Waals surface area contributed by atoms with E-state index in [2.05, 4.69) is 5.32 Å². The Hall–Kier alpha value is -1.73. The van der Waals surface area contributed by atoms with Crippen molar-refractivity contribution in [3.63, 3.8) is 0 Å². The Bertz CT molecular complexity index is 580. The monoisotopic (exact) mass is 361 g/mol. The molecule has 0 spiro atoms. The fourth-order valence-corrected chi connectivity index (χ4v) is 2.81. The molecule has 1 aliphatic rings. The molecule has 0 aliphatic heterocycles. The Kier molecular flexibility index (Phi) is 7.57. The van der Waals surface area contributed by atoms with Crippen LogP contribution in [0.25, 0.3) is 0 Å². The lowest BCUT2D eigenvalue weighted by Gasteiger charge is -2.23. The lowest BCUT2D eigenvalue weighted by atomic mass is 10.1. The molecule has 0 radical (unpaired) electrons. The third kappa shape index (κ3) is 4.88. The molecule has 0 bridgehead atoms. The molecule has 2 atom stereocenters. The van der Waals surface area contributed by atoms with E-state index in [4.69, 9.17) is 5.73 Å². The molecule has 3 N–H and O–H groups in total. The highest BCUT2D eigenvalue weighted by molar-refractivity contribution is 5.95. The summed E-state index contributed by atoms with van der Waals surface area (Å²) in [5.74, 6) is -2.65. The van der Waals surface area contributed by atoms with Gasteiger partial charge in [0.05, 0.1) is 6.54 Å². The molecule has 2 unspecified atom stereocenters. The number of hydrogen-bond donors (Lipinski definition) is 2. The normalized spacial score (nSPS) is 19.5. The highest BCUT2D eigenvalue weighted by Crippen LogP contribution is 2.26. The maximum atomic E-state index is 13.5. The van der Waals surface area contributed by atoms with E-state index in [9.17, 15) is 18.4 Å². The van der Waals surface area contributed by atoms with E-state index in [-0.39, 0.29) is 36.8 Å². The van der Waals surface area contributed by atoms with Crippen LogP contribution in [0.4, 0.5) is 14.5 Å². The average molecular weight is 362 g/mol. The number of nitrogens with two attached hydrogens (primary N) is 1. The third-order valence-corrected chi connectivity index (χ3v) is 4.08. The van der Waals surface area contributed by atoms with E-state index in [1.807, 2.05) is 0 Å². The van der Waals surface area contributed by atoms with E-state index >= 15 is 0 Å². The summed E-state index contributed by atoms with van der Waals surface area (Å²) in [4.78, 5) is 25.8. The Labute approximate surface area is 146 Å².